The maximum Gasteiger partial charge on any atom is 0.430 e. The molecule has 4 rings (SSSR count). The minimum absolute atomic E-state index is 0.0253. The first-order valence-corrected chi connectivity index (χ1v) is 12.4. The lowest BCUT2D eigenvalue weighted by atomic mass is 9.90. The molecule has 2 aromatic rings. The lowest BCUT2D eigenvalue weighted by molar-refractivity contribution is -0.376. The van der Waals surface area contributed by atoms with Crippen LogP contribution >= 0.6 is 0 Å². The molecule has 2 aromatic carbocycles. The number of imide groups is 1. The second-order valence-electron chi connectivity index (χ2n) is 9.60. The summed E-state index contributed by atoms with van der Waals surface area (Å²) >= 11 is 0. The zero-order valence-electron chi connectivity index (χ0n) is 21.9. The third-order valence-electron chi connectivity index (χ3n) is 6.83. The van der Waals surface area contributed by atoms with Gasteiger partial charge in [-0.05, 0) is 54.8 Å². The van der Waals surface area contributed by atoms with Crippen molar-refractivity contribution in [1.82, 2.24) is 10.2 Å². The number of rotatable bonds is 9. The molecule has 1 unspecified atom stereocenters. The van der Waals surface area contributed by atoms with Crippen molar-refractivity contribution < 1.29 is 55.2 Å². The average molecular weight is 589 g/mol. The third-order valence-corrected chi connectivity index (χ3v) is 6.83. The molecule has 0 radical (unpaired) electrons. The summed E-state index contributed by atoms with van der Waals surface area (Å²) < 4.78 is 95.9. The zero-order chi connectivity index (χ0) is 30.2. The molecule has 222 valence electrons. The Labute approximate surface area is 230 Å². The van der Waals surface area contributed by atoms with Gasteiger partial charge >= 0.3 is 18.4 Å². The molecule has 2 heterocycles. The molecule has 0 aliphatic carbocycles. The smallest absolute Gasteiger partial charge is 0.430 e. The molecular weight excluding hydrogens is 562 g/mol. The van der Waals surface area contributed by atoms with E-state index in [9.17, 15) is 41.0 Å². The number of alkyl halides is 6. The molecule has 1 saturated heterocycles. The van der Waals surface area contributed by atoms with E-state index in [0.717, 1.165) is 11.0 Å². The summed E-state index contributed by atoms with van der Waals surface area (Å²) in [5, 5.41) is 12.4. The Morgan fingerprint density at radius 1 is 1.02 bits per heavy atom. The molecule has 2 N–H and O–H groups in total. The standard InChI is InChI=1S/C27H26F6N2O6/c1-3-6-16-13-18(25(38,26(28,29)30)27(31,32)33)8-9-19(16)39-12-5-4-11-35-22(36)24(2,34-23(35)37)17-7-10-20-21(14-17)41-15-40-20/h4-5,7-10,13-14,38H,3,6,11-12,15H2,1-2H3,(H,34,37)/b5-4+. The first kappa shape index (κ1) is 30.0. The highest BCUT2D eigenvalue weighted by molar-refractivity contribution is 6.07. The normalized spacial score (nSPS) is 19.3. The second kappa shape index (κ2) is 10.8. The van der Waals surface area contributed by atoms with E-state index in [1.54, 1.807) is 32.0 Å². The van der Waals surface area contributed by atoms with Gasteiger partial charge in [-0.2, -0.15) is 26.3 Å². The van der Waals surface area contributed by atoms with E-state index in [4.69, 9.17) is 14.2 Å². The summed E-state index contributed by atoms with van der Waals surface area (Å²) in [6.45, 7) is 2.98. The van der Waals surface area contributed by atoms with Gasteiger partial charge in [0.15, 0.2) is 11.5 Å². The minimum Gasteiger partial charge on any atom is -0.489 e. The summed E-state index contributed by atoms with van der Waals surface area (Å²) in [4.78, 5) is 26.7. The Morgan fingerprint density at radius 2 is 1.71 bits per heavy atom. The predicted octanol–water partition coefficient (Wildman–Crippen LogP) is 5.08. The van der Waals surface area contributed by atoms with Gasteiger partial charge in [0.25, 0.3) is 11.5 Å². The van der Waals surface area contributed by atoms with E-state index in [1.807, 2.05) is 0 Å². The quantitative estimate of drug-likeness (QED) is 0.241. The summed E-state index contributed by atoms with van der Waals surface area (Å²) in [5.74, 6) is 0.465. The van der Waals surface area contributed by atoms with Crippen molar-refractivity contribution in [1.29, 1.82) is 0 Å². The molecule has 0 bridgehead atoms. The summed E-state index contributed by atoms with van der Waals surface area (Å²) in [7, 11) is 0. The average Bonchev–Trinajstić information content (AvgIpc) is 3.45. The van der Waals surface area contributed by atoms with Crippen LogP contribution < -0.4 is 19.5 Å². The minimum atomic E-state index is -6.00. The maximum absolute atomic E-state index is 13.3. The number of benzene rings is 2. The molecule has 2 aliphatic heterocycles. The van der Waals surface area contributed by atoms with Crippen LogP contribution in [0.4, 0.5) is 31.1 Å². The highest BCUT2D eigenvalue weighted by Gasteiger charge is 2.71. The lowest BCUT2D eigenvalue weighted by Gasteiger charge is -2.33. The van der Waals surface area contributed by atoms with Crippen LogP contribution in [0, 0.1) is 0 Å². The number of fused-ring (bicyclic) bond motifs is 1. The van der Waals surface area contributed by atoms with Crippen LogP contribution in [0.1, 0.15) is 37.0 Å². The first-order valence-electron chi connectivity index (χ1n) is 12.4. The molecule has 0 aromatic heterocycles. The number of carbonyl (C=O) groups is 2. The highest BCUT2D eigenvalue weighted by Crippen LogP contribution is 2.50. The number of carbonyl (C=O) groups excluding carboxylic acids is 2. The molecule has 41 heavy (non-hydrogen) atoms. The summed E-state index contributed by atoms with van der Waals surface area (Å²) in [6.07, 6.45) is -8.64. The van der Waals surface area contributed by atoms with Gasteiger partial charge in [-0.25, -0.2) is 4.79 Å². The summed E-state index contributed by atoms with van der Waals surface area (Å²) in [6, 6.07) is 6.33. The monoisotopic (exact) mass is 588 g/mol. The van der Waals surface area contributed by atoms with Gasteiger partial charge in [0.2, 0.25) is 6.79 Å². The fourth-order valence-corrected chi connectivity index (χ4v) is 4.55. The topological polar surface area (TPSA) is 97.3 Å². The Bertz CT molecular complexity index is 1340. The fraction of sp³-hybridized carbons (Fsp3) is 0.407. The van der Waals surface area contributed by atoms with Crippen molar-refractivity contribution in [2.45, 2.75) is 50.2 Å². The van der Waals surface area contributed by atoms with Gasteiger partial charge in [0.05, 0.1) is 0 Å². The molecule has 0 spiro atoms. The Morgan fingerprint density at radius 3 is 2.37 bits per heavy atom. The van der Waals surface area contributed by atoms with E-state index < -0.39 is 41.0 Å². The zero-order valence-corrected chi connectivity index (χ0v) is 21.9. The van der Waals surface area contributed by atoms with Crippen molar-refractivity contribution >= 4 is 11.9 Å². The van der Waals surface area contributed by atoms with Crippen molar-refractivity contribution in [2.75, 3.05) is 19.9 Å². The van der Waals surface area contributed by atoms with Crippen LogP contribution in [0.15, 0.2) is 48.6 Å². The number of hydrogen-bond acceptors (Lipinski definition) is 6. The number of hydrogen-bond donors (Lipinski definition) is 2. The van der Waals surface area contributed by atoms with E-state index in [-0.39, 0.29) is 37.7 Å². The van der Waals surface area contributed by atoms with Crippen LogP contribution in [-0.4, -0.2) is 54.2 Å². The van der Waals surface area contributed by atoms with Crippen LogP contribution in [0.3, 0.4) is 0 Å². The van der Waals surface area contributed by atoms with Gasteiger partial charge in [0.1, 0.15) is 17.9 Å². The largest absolute Gasteiger partial charge is 0.489 e. The Hall–Kier alpha value is -3.94. The molecule has 8 nitrogen and oxygen atoms in total. The van der Waals surface area contributed by atoms with Crippen LogP contribution in [0.25, 0.3) is 0 Å². The first-order chi connectivity index (χ1) is 19.1. The molecule has 1 fully saturated rings. The summed E-state index contributed by atoms with van der Waals surface area (Å²) in [5.41, 5.74) is -7.23. The van der Waals surface area contributed by atoms with Gasteiger partial charge in [-0.15, -0.1) is 0 Å². The molecule has 2 aliphatic rings. The third kappa shape index (κ3) is 5.39. The lowest BCUT2D eigenvalue weighted by Crippen LogP contribution is -2.53. The van der Waals surface area contributed by atoms with Gasteiger partial charge < -0.3 is 24.6 Å². The highest BCUT2D eigenvalue weighted by atomic mass is 19.4. The number of nitrogens with one attached hydrogen (secondary N) is 1. The number of amides is 3. The fourth-order valence-electron chi connectivity index (χ4n) is 4.55. The van der Waals surface area contributed by atoms with Crippen molar-refractivity contribution in [3.05, 3.63) is 65.2 Å². The van der Waals surface area contributed by atoms with E-state index >= 15 is 0 Å². The van der Waals surface area contributed by atoms with Gasteiger partial charge in [-0.3, -0.25) is 9.69 Å². The molecule has 0 saturated carbocycles. The van der Waals surface area contributed by atoms with Crippen molar-refractivity contribution in [3.63, 3.8) is 0 Å². The van der Waals surface area contributed by atoms with Crippen LogP contribution in [0.5, 0.6) is 17.2 Å². The molecular formula is C27H26F6N2O6. The maximum atomic E-state index is 13.3. The van der Waals surface area contributed by atoms with Crippen LogP contribution in [-0.2, 0) is 22.4 Å². The molecule has 3 amide bonds. The molecule has 14 heteroatoms. The second-order valence-corrected chi connectivity index (χ2v) is 9.60. The Balaban J connectivity index is 1.43. The number of urea groups is 1. The van der Waals surface area contributed by atoms with E-state index in [2.05, 4.69) is 5.32 Å². The number of aliphatic hydroxyl groups is 1. The van der Waals surface area contributed by atoms with Gasteiger partial charge in [0, 0.05) is 12.1 Å². The van der Waals surface area contributed by atoms with Crippen molar-refractivity contribution in [3.8, 4) is 17.2 Å². The number of ether oxygens (including phenoxy) is 3. The number of aryl methyl sites for hydroxylation is 1. The number of nitrogens with zero attached hydrogens (tertiary/aromatic N) is 1. The van der Waals surface area contributed by atoms with E-state index in [0.29, 0.717) is 35.6 Å². The van der Waals surface area contributed by atoms with Crippen LogP contribution in [0.2, 0.25) is 0 Å². The van der Waals surface area contributed by atoms with E-state index in [1.165, 1.54) is 12.2 Å². The molecule has 1 atom stereocenters. The predicted molar refractivity (Wildman–Crippen MR) is 131 cm³/mol. The van der Waals surface area contributed by atoms with Crippen molar-refractivity contribution in [2.24, 2.45) is 0 Å². The number of halogens is 6. The SMILES string of the molecule is CCCc1cc(C(O)(C(F)(F)F)C(F)(F)F)ccc1OC/C=C/CN1C(=O)NC(C)(c2ccc3c(c2)OCO3)C1=O. The Kier molecular flexibility index (Phi) is 7.91. The van der Waals surface area contributed by atoms with Gasteiger partial charge in [-0.1, -0.05) is 31.6 Å².